The van der Waals surface area contributed by atoms with Gasteiger partial charge in [0.25, 0.3) is 0 Å². The van der Waals surface area contributed by atoms with Crippen molar-refractivity contribution in [2.24, 2.45) is 10.2 Å². The van der Waals surface area contributed by atoms with Crippen LogP contribution in [0.3, 0.4) is 0 Å². The summed E-state index contributed by atoms with van der Waals surface area (Å²) < 4.78 is 29.5. The van der Waals surface area contributed by atoms with Crippen molar-refractivity contribution in [1.82, 2.24) is 0 Å². The molecule has 0 radical (unpaired) electrons. The van der Waals surface area contributed by atoms with Crippen molar-refractivity contribution in [2.45, 2.75) is 39.0 Å². The van der Waals surface area contributed by atoms with Crippen molar-refractivity contribution in [2.75, 3.05) is 11.9 Å². The summed E-state index contributed by atoms with van der Waals surface area (Å²) in [4.78, 5) is 0. The standard InChI is InChI=1S/C19H26AsN3O3/c1-2-3-4-5-6-15-21-17-11-13-19(14-12-17)23-22-18-9-7-16(8-10-18)20(24,25)26/h7-14,21H,2-6,15H2,1H3,(H2,24,25,26). The second-order valence-corrected chi connectivity index (χ2v) is 9.51. The molecule has 0 atom stereocenters. The van der Waals surface area contributed by atoms with Gasteiger partial charge in [-0.2, -0.15) is 0 Å². The number of benzene rings is 2. The predicted molar refractivity (Wildman–Crippen MR) is 105 cm³/mol. The molecule has 0 aliphatic rings. The molecule has 6 nitrogen and oxygen atoms in total. The number of nitrogens with zero attached hydrogens (tertiary/aromatic N) is 2. The van der Waals surface area contributed by atoms with Gasteiger partial charge in [0, 0.05) is 0 Å². The van der Waals surface area contributed by atoms with E-state index >= 15 is 0 Å². The van der Waals surface area contributed by atoms with E-state index in [2.05, 4.69) is 22.5 Å². The molecule has 0 unspecified atom stereocenters. The topological polar surface area (TPSA) is 94.3 Å². The van der Waals surface area contributed by atoms with Crippen molar-refractivity contribution in [1.29, 1.82) is 0 Å². The monoisotopic (exact) mass is 419 g/mol. The van der Waals surface area contributed by atoms with E-state index in [0.717, 1.165) is 17.9 Å². The Labute approximate surface area is 157 Å². The first-order valence-corrected chi connectivity index (χ1v) is 12.3. The van der Waals surface area contributed by atoms with Crippen molar-refractivity contribution in [3.63, 3.8) is 0 Å². The van der Waals surface area contributed by atoms with Crippen molar-refractivity contribution >= 4 is 35.6 Å². The van der Waals surface area contributed by atoms with Crippen LogP contribution in [0.5, 0.6) is 0 Å². The molecule has 7 heteroatoms. The maximum absolute atomic E-state index is 11.2. The zero-order chi connectivity index (χ0) is 18.8. The maximum atomic E-state index is 11.2. The molecule has 0 bridgehead atoms. The second kappa shape index (κ2) is 10.3. The molecule has 0 aromatic heterocycles. The van der Waals surface area contributed by atoms with Crippen LogP contribution < -0.4 is 9.67 Å². The van der Waals surface area contributed by atoms with E-state index in [-0.39, 0.29) is 4.35 Å². The van der Waals surface area contributed by atoms with Gasteiger partial charge < -0.3 is 0 Å². The molecule has 0 aliphatic heterocycles. The van der Waals surface area contributed by atoms with Crippen LogP contribution in [-0.4, -0.2) is 28.9 Å². The molecule has 26 heavy (non-hydrogen) atoms. The number of hydrogen-bond acceptors (Lipinski definition) is 4. The third-order valence-corrected chi connectivity index (χ3v) is 5.98. The van der Waals surface area contributed by atoms with E-state index in [0.29, 0.717) is 5.69 Å². The molecule has 3 N–H and O–H groups in total. The van der Waals surface area contributed by atoms with Crippen molar-refractivity contribution < 1.29 is 11.9 Å². The minimum atomic E-state index is -4.83. The summed E-state index contributed by atoms with van der Waals surface area (Å²) in [6, 6.07) is 13.6. The van der Waals surface area contributed by atoms with E-state index in [9.17, 15) is 3.74 Å². The number of azo groups is 1. The molecule has 140 valence electrons. The zero-order valence-electron chi connectivity index (χ0n) is 15.0. The molecule has 0 saturated carbocycles. The Bertz CT molecular complexity index is 740. The second-order valence-electron chi connectivity index (χ2n) is 6.15. The van der Waals surface area contributed by atoms with E-state index in [1.54, 1.807) is 12.1 Å². The molecule has 2 rings (SSSR count). The zero-order valence-corrected chi connectivity index (χ0v) is 16.9. The molecule has 0 spiro atoms. The number of hydrogen-bond donors (Lipinski definition) is 3. The van der Waals surface area contributed by atoms with Crippen LogP contribution >= 0.6 is 0 Å². The Balaban J connectivity index is 1.83. The van der Waals surface area contributed by atoms with Crippen molar-refractivity contribution in [3.05, 3.63) is 48.5 Å². The molecule has 2 aromatic rings. The van der Waals surface area contributed by atoms with E-state index in [4.69, 9.17) is 8.19 Å². The van der Waals surface area contributed by atoms with E-state index < -0.39 is 14.2 Å². The van der Waals surface area contributed by atoms with Gasteiger partial charge >= 0.3 is 118 Å². The van der Waals surface area contributed by atoms with Crippen LogP contribution in [0, 0.1) is 0 Å². The Kier molecular flexibility index (Phi) is 8.10. The molecule has 2 aromatic carbocycles. The number of unbranched alkanes of at least 4 members (excludes halogenated alkanes) is 4. The van der Waals surface area contributed by atoms with E-state index in [1.807, 2.05) is 24.3 Å². The summed E-state index contributed by atoms with van der Waals surface area (Å²) in [5, 5.41) is 11.6. The normalized spacial score (nSPS) is 11.8. The van der Waals surface area contributed by atoms with Gasteiger partial charge in [0.2, 0.25) is 0 Å². The first-order valence-electron chi connectivity index (χ1n) is 8.91. The molecule has 0 saturated heterocycles. The first kappa shape index (κ1) is 20.4. The van der Waals surface area contributed by atoms with Crippen LogP contribution in [0.4, 0.5) is 17.1 Å². The average molecular weight is 419 g/mol. The molecule has 0 fully saturated rings. The van der Waals surface area contributed by atoms with Gasteiger partial charge in [-0.15, -0.1) is 0 Å². The fraction of sp³-hybridized carbons (Fsp3) is 0.368. The number of rotatable bonds is 10. The quantitative estimate of drug-likeness (QED) is 0.308. The van der Waals surface area contributed by atoms with Crippen LogP contribution in [0.15, 0.2) is 58.8 Å². The summed E-state index contributed by atoms with van der Waals surface area (Å²) in [5.74, 6) is 0. The van der Waals surface area contributed by atoms with Gasteiger partial charge in [-0.25, -0.2) is 0 Å². The third kappa shape index (κ3) is 7.16. The van der Waals surface area contributed by atoms with Gasteiger partial charge in [0.05, 0.1) is 0 Å². The molecule has 0 amide bonds. The van der Waals surface area contributed by atoms with Crippen LogP contribution in [0.25, 0.3) is 0 Å². The Morgan fingerprint density at radius 2 is 1.38 bits per heavy atom. The Morgan fingerprint density at radius 3 is 1.92 bits per heavy atom. The van der Waals surface area contributed by atoms with Crippen LogP contribution in [0.2, 0.25) is 0 Å². The van der Waals surface area contributed by atoms with E-state index in [1.165, 1.54) is 44.2 Å². The molecule has 0 heterocycles. The fourth-order valence-corrected chi connectivity index (χ4v) is 3.56. The average Bonchev–Trinajstić information content (AvgIpc) is 2.63. The van der Waals surface area contributed by atoms with Gasteiger partial charge in [0.1, 0.15) is 0 Å². The molecular formula is C19H26AsN3O3. The summed E-state index contributed by atoms with van der Waals surface area (Å²) in [5.41, 5.74) is 2.33. The summed E-state index contributed by atoms with van der Waals surface area (Å²) in [6.07, 6.45) is 6.30. The van der Waals surface area contributed by atoms with Crippen LogP contribution in [0.1, 0.15) is 39.0 Å². The summed E-state index contributed by atoms with van der Waals surface area (Å²) in [7, 11) is 0. The first-order chi connectivity index (χ1) is 12.5. The number of nitrogens with one attached hydrogen (secondary N) is 1. The van der Waals surface area contributed by atoms with Gasteiger partial charge in [-0.05, 0) is 6.42 Å². The minimum absolute atomic E-state index is 0.0344. The molecule has 0 aliphatic carbocycles. The Hall–Kier alpha value is -1.88. The predicted octanol–water partition coefficient (Wildman–Crippen LogP) is 4.05. The molecular weight excluding hydrogens is 393 g/mol. The van der Waals surface area contributed by atoms with Gasteiger partial charge in [-0.1, -0.05) is 32.6 Å². The van der Waals surface area contributed by atoms with Crippen LogP contribution in [-0.2, 0) is 3.74 Å². The van der Waals surface area contributed by atoms with Crippen molar-refractivity contribution in [3.8, 4) is 0 Å². The third-order valence-electron chi connectivity index (χ3n) is 3.94. The number of anilines is 1. The summed E-state index contributed by atoms with van der Waals surface area (Å²) in [6.45, 7) is 3.19. The van der Waals surface area contributed by atoms with Gasteiger partial charge in [-0.3, -0.25) is 0 Å². The van der Waals surface area contributed by atoms with Gasteiger partial charge in [0.15, 0.2) is 0 Å². The SMILES string of the molecule is CCCCCCCNc1ccc(N=Nc2ccc([As](=O)(O)O)cc2)cc1. The fourth-order valence-electron chi connectivity index (χ4n) is 2.44. The summed E-state index contributed by atoms with van der Waals surface area (Å²) >= 11 is -4.83. The Morgan fingerprint density at radius 1 is 0.846 bits per heavy atom.